The molecule has 6 aromatic rings. The predicted octanol–water partition coefficient (Wildman–Crippen LogP) is 8.36. The molecular formula is C30H20N2S. The number of thiophene rings is 1. The first-order chi connectivity index (χ1) is 16.4. The van der Waals surface area contributed by atoms with Crippen molar-refractivity contribution in [1.29, 1.82) is 0 Å². The summed E-state index contributed by atoms with van der Waals surface area (Å²) in [6.07, 6.45) is 3.71. The van der Waals surface area contributed by atoms with Crippen molar-refractivity contribution in [2.75, 3.05) is 0 Å². The van der Waals surface area contributed by atoms with Crippen LogP contribution in [0.4, 0.5) is 0 Å². The molecule has 0 aliphatic carbocycles. The lowest BCUT2D eigenvalue weighted by atomic mass is 9.97. The molecule has 6 rings (SSSR count). The quantitative estimate of drug-likeness (QED) is 0.275. The largest absolute Gasteiger partial charge is 0.260 e. The summed E-state index contributed by atoms with van der Waals surface area (Å²) in [5.41, 5.74) is 6.56. The molecule has 0 aliphatic rings. The van der Waals surface area contributed by atoms with Gasteiger partial charge in [0.05, 0.1) is 28.7 Å². The number of rotatable bonds is 4. The zero-order valence-corrected chi connectivity index (χ0v) is 18.7. The first kappa shape index (κ1) is 19.6. The van der Waals surface area contributed by atoms with Gasteiger partial charge in [-0.2, -0.15) is 0 Å². The van der Waals surface area contributed by atoms with Gasteiger partial charge in [-0.05, 0) is 11.1 Å². The predicted molar refractivity (Wildman–Crippen MR) is 139 cm³/mol. The highest BCUT2D eigenvalue weighted by atomic mass is 32.1. The lowest BCUT2D eigenvalue weighted by molar-refractivity contribution is 1.22. The highest BCUT2D eigenvalue weighted by molar-refractivity contribution is 7.21. The summed E-state index contributed by atoms with van der Waals surface area (Å²) in [5, 5.41) is 2.45. The molecule has 2 heterocycles. The zero-order valence-electron chi connectivity index (χ0n) is 17.8. The van der Waals surface area contributed by atoms with Crippen molar-refractivity contribution in [3.63, 3.8) is 0 Å². The molecule has 2 aromatic heterocycles. The lowest BCUT2D eigenvalue weighted by Crippen LogP contribution is -1.88. The summed E-state index contributed by atoms with van der Waals surface area (Å²) >= 11 is 1.79. The molecule has 0 atom stereocenters. The number of hydrogen-bond donors (Lipinski definition) is 0. The van der Waals surface area contributed by atoms with E-state index in [4.69, 9.17) is 4.98 Å². The molecule has 2 nitrogen and oxygen atoms in total. The van der Waals surface area contributed by atoms with E-state index >= 15 is 0 Å². The maximum absolute atomic E-state index is 5.00. The van der Waals surface area contributed by atoms with Gasteiger partial charge >= 0.3 is 0 Å². The van der Waals surface area contributed by atoms with Crippen LogP contribution in [0.15, 0.2) is 122 Å². The highest BCUT2D eigenvalue weighted by Gasteiger charge is 2.18. The van der Waals surface area contributed by atoms with Gasteiger partial charge in [0, 0.05) is 26.8 Å². The van der Waals surface area contributed by atoms with Crippen molar-refractivity contribution >= 4 is 22.1 Å². The minimum atomic E-state index is 0.886. The number of benzene rings is 4. The minimum Gasteiger partial charge on any atom is -0.260 e. The Balaban J connectivity index is 1.55. The third-order valence-electron chi connectivity index (χ3n) is 5.81. The molecule has 0 amide bonds. The van der Waals surface area contributed by atoms with Crippen LogP contribution in [0, 0.1) is 0 Å². The molecule has 3 heteroatoms. The summed E-state index contributed by atoms with van der Waals surface area (Å²) in [7, 11) is 0. The molecule has 4 aromatic carbocycles. The summed E-state index contributed by atoms with van der Waals surface area (Å²) in [6.45, 7) is 0. The molecule has 0 spiro atoms. The van der Waals surface area contributed by atoms with Crippen LogP contribution in [0.3, 0.4) is 0 Å². The van der Waals surface area contributed by atoms with Crippen LogP contribution in [-0.2, 0) is 0 Å². The van der Waals surface area contributed by atoms with Gasteiger partial charge in [-0.1, -0.05) is 109 Å². The second kappa shape index (κ2) is 8.45. The van der Waals surface area contributed by atoms with Crippen LogP contribution in [0.1, 0.15) is 0 Å². The average molecular weight is 441 g/mol. The van der Waals surface area contributed by atoms with E-state index in [1.807, 2.05) is 30.6 Å². The van der Waals surface area contributed by atoms with E-state index in [0.29, 0.717) is 0 Å². The second-order valence-corrected chi connectivity index (χ2v) is 8.89. The standard InChI is InChI=1S/C30H20N2S/c1-3-11-21(12-4-1)23-15-7-8-16-24(23)29-25-17-9-10-18-26(25)30(33-29)28-20-31-19-27(32-28)22-13-5-2-6-14-22/h1-20H. The maximum Gasteiger partial charge on any atom is 0.0998 e. The maximum atomic E-state index is 5.00. The molecule has 0 bridgehead atoms. The molecule has 0 aliphatic heterocycles. The highest BCUT2D eigenvalue weighted by Crippen LogP contribution is 2.46. The van der Waals surface area contributed by atoms with Gasteiger partial charge in [0.1, 0.15) is 0 Å². The van der Waals surface area contributed by atoms with Gasteiger partial charge < -0.3 is 0 Å². The van der Waals surface area contributed by atoms with Gasteiger partial charge in [-0.15, -0.1) is 11.3 Å². The molecule has 156 valence electrons. The van der Waals surface area contributed by atoms with Crippen molar-refractivity contribution in [2.45, 2.75) is 0 Å². The Hall–Kier alpha value is -4.08. The van der Waals surface area contributed by atoms with Crippen molar-refractivity contribution < 1.29 is 0 Å². The smallest absolute Gasteiger partial charge is 0.0998 e. The zero-order chi connectivity index (χ0) is 22.0. The Morgan fingerprint density at radius 2 is 1.00 bits per heavy atom. The Morgan fingerprint density at radius 3 is 1.73 bits per heavy atom. The van der Waals surface area contributed by atoms with E-state index < -0.39 is 0 Å². The molecule has 0 unspecified atom stereocenters. The molecule has 33 heavy (non-hydrogen) atoms. The molecule has 0 N–H and O–H groups in total. The number of fused-ring (bicyclic) bond motifs is 1. The van der Waals surface area contributed by atoms with Gasteiger partial charge in [-0.25, -0.2) is 4.98 Å². The van der Waals surface area contributed by atoms with Crippen molar-refractivity contribution in [2.24, 2.45) is 0 Å². The van der Waals surface area contributed by atoms with Gasteiger partial charge in [-0.3, -0.25) is 4.98 Å². The van der Waals surface area contributed by atoms with Gasteiger partial charge in [0.25, 0.3) is 0 Å². The number of aromatic nitrogens is 2. The topological polar surface area (TPSA) is 25.8 Å². The Labute approximate surface area is 196 Å². The molecular weight excluding hydrogens is 420 g/mol. The number of nitrogens with zero attached hydrogens (tertiary/aromatic N) is 2. The normalized spacial score (nSPS) is 11.0. The van der Waals surface area contributed by atoms with Crippen LogP contribution >= 0.6 is 11.3 Å². The molecule has 0 saturated heterocycles. The van der Waals surface area contributed by atoms with E-state index in [2.05, 4.69) is 96.0 Å². The van der Waals surface area contributed by atoms with Crippen LogP contribution in [0.2, 0.25) is 0 Å². The molecule has 0 saturated carbocycles. The summed E-state index contributed by atoms with van der Waals surface area (Å²) in [6, 6.07) is 38.1. The summed E-state index contributed by atoms with van der Waals surface area (Å²) in [5.74, 6) is 0. The third kappa shape index (κ3) is 3.63. The monoisotopic (exact) mass is 440 g/mol. The van der Waals surface area contributed by atoms with Crippen LogP contribution in [-0.4, -0.2) is 9.97 Å². The van der Waals surface area contributed by atoms with E-state index in [-0.39, 0.29) is 0 Å². The molecule has 0 fully saturated rings. The Bertz CT molecular complexity index is 1550. The molecule has 0 radical (unpaired) electrons. The van der Waals surface area contributed by atoms with Crippen molar-refractivity contribution in [1.82, 2.24) is 9.97 Å². The van der Waals surface area contributed by atoms with E-state index in [1.54, 1.807) is 11.3 Å². The Kier molecular flexibility index (Phi) is 5.02. The average Bonchev–Trinajstić information content (AvgIpc) is 3.29. The van der Waals surface area contributed by atoms with E-state index in [0.717, 1.165) is 21.8 Å². The van der Waals surface area contributed by atoms with Crippen molar-refractivity contribution in [3.05, 3.63) is 122 Å². The Morgan fingerprint density at radius 1 is 0.455 bits per heavy atom. The van der Waals surface area contributed by atoms with Gasteiger partial charge in [0.2, 0.25) is 0 Å². The second-order valence-electron chi connectivity index (χ2n) is 7.87. The van der Waals surface area contributed by atoms with Gasteiger partial charge in [0.15, 0.2) is 0 Å². The van der Waals surface area contributed by atoms with Crippen LogP contribution < -0.4 is 0 Å². The minimum absolute atomic E-state index is 0.886. The summed E-state index contributed by atoms with van der Waals surface area (Å²) < 4.78 is 0. The van der Waals surface area contributed by atoms with Crippen LogP contribution in [0.25, 0.3) is 54.2 Å². The van der Waals surface area contributed by atoms with E-state index in [1.165, 1.54) is 32.3 Å². The number of hydrogen-bond acceptors (Lipinski definition) is 3. The van der Waals surface area contributed by atoms with Crippen LogP contribution in [0.5, 0.6) is 0 Å². The fraction of sp³-hybridized carbons (Fsp3) is 0. The van der Waals surface area contributed by atoms with E-state index in [9.17, 15) is 0 Å². The lowest BCUT2D eigenvalue weighted by Gasteiger charge is -2.09. The summed E-state index contributed by atoms with van der Waals surface area (Å²) in [4.78, 5) is 11.9. The first-order valence-corrected chi connectivity index (χ1v) is 11.7. The SMILES string of the molecule is c1ccc(-c2cncc(-c3sc(-c4ccccc4-c4ccccc4)c4ccccc34)n2)cc1. The first-order valence-electron chi connectivity index (χ1n) is 10.9. The third-order valence-corrected chi connectivity index (χ3v) is 7.09. The fourth-order valence-corrected chi connectivity index (χ4v) is 5.53. The van der Waals surface area contributed by atoms with Crippen molar-refractivity contribution in [3.8, 4) is 43.4 Å². The fourth-order valence-electron chi connectivity index (χ4n) is 4.26.